The van der Waals surface area contributed by atoms with Gasteiger partial charge >= 0.3 is 59.7 Å². The molecule has 2 aliphatic heterocycles. The van der Waals surface area contributed by atoms with E-state index in [-0.39, 0.29) is 5.69 Å². The minimum Gasteiger partial charge on any atom is -0.463 e. The van der Waals surface area contributed by atoms with Crippen LogP contribution in [-0.2, 0) is 114 Å². The molecule has 13 atom stereocenters. The first kappa shape index (κ1) is 56.5. The summed E-state index contributed by atoms with van der Waals surface area (Å²) < 4.78 is 80.5. The van der Waals surface area contributed by atoms with Crippen molar-refractivity contribution in [2.75, 3.05) is 19.8 Å². The maximum atomic E-state index is 13.1. The molecule has 2 saturated heterocycles. The van der Waals surface area contributed by atoms with Gasteiger partial charge in [0.25, 0.3) is 0 Å². The van der Waals surface area contributed by atoms with Crippen LogP contribution >= 0.6 is 0 Å². The Balaban J connectivity index is 1.96. The van der Waals surface area contributed by atoms with E-state index in [4.69, 9.17) is 66.3 Å². The smallest absolute Gasteiger partial charge is 0.303 e. The van der Waals surface area contributed by atoms with Crippen LogP contribution in [0.25, 0.3) is 5.69 Å². The molecule has 0 bridgehead atoms. The summed E-state index contributed by atoms with van der Waals surface area (Å²) in [5.41, 5.74) is 0.298. The van der Waals surface area contributed by atoms with Crippen molar-refractivity contribution in [1.29, 1.82) is 0 Å². The molecule has 1 aromatic heterocycles. The van der Waals surface area contributed by atoms with Gasteiger partial charge in [-0.05, 0) is 12.1 Å². The van der Waals surface area contributed by atoms with Crippen molar-refractivity contribution in [2.24, 2.45) is 0 Å². The molecule has 0 N–H and O–H groups in total. The first-order valence-corrected chi connectivity index (χ1v) is 21.6. The van der Waals surface area contributed by atoms with Gasteiger partial charge in [0, 0.05) is 69.2 Å². The number of rotatable bonds is 21. The van der Waals surface area contributed by atoms with Crippen molar-refractivity contribution in [3.8, 4) is 5.69 Å². The summed E-state index contributed by atoms with van der Waals surface area (Å²) in [6, 6.07) is 8.42. The van der Waals surface area contributed by atoms with Crippen LogP contribution in [0.15, 0.2) is 36.5 Å². The fraction of sp³-hybridized carbons (Fsp3) is 0.591. The van der Waals surface area contributed by atoms with E-state index in [2.05, 4.69) is 10.2 Å². The standard InChI is InChI=1S/C44H55N3O24/c1-20(48)58-17-32(61-23(4)51)36(35(62-24(5)52)31-16-45-47(46-31)30-14-12-11-13-15-30)70-43-42(67-29(10)57)40(65-27(8)55)38(34(69-43)19-60-22(3)50)71-44-41(66-28(9)56)39(64-26(7)54)37(63-25(6)53)33(68-44)18-59-21(2)49/h11-16,32-44H,17-19H2,1-10H3. The molecule has 0 amide bonds. The van der Waals surface area contributed by atoms with Crippen LogP contribution in [0.1, 0.15) is 81.0 Å². The largest absolute Gasteiger partial charge is 0.463 e. The van der Waals surface area contributed by atoms with E-state index in [1.54, 1.807) is 30.3 Å². The molecule has 13 unspecified atom stereocenters. The molecule has 1 aromatic carbocycles. The van der Waals surface area contributed by atoms with E-state index in [1.807, 2.05) is 0 Å². The van der Waals surface area contributed by atoms with E-state index in [1.165, 1.54) is 6.20 Å². The Bertz CT molecular complexity index is 2230. The van der Waals surface area contributed by atoms with E-state index < -0.39 is 159 Å². The van der Waals surface area contributed by atoms with Crippen LogP contribution in [0.4, 0.5) is 0 Å². The Morgan fingerprint density at radius 1 is 0.521 bits per heavy atom. The number of esters is 10. The third-order valence-electron chi connectivity index (χ3n) is 9.69. The molecule has 0 radical (unpaired) electrons. The van der Waals surface area contributed by atoms with Crippen LogP contribution in [0.3, 0.4) is 0 Å². The van der Waals surface area contributed by atoms with E-state index in [9.17, 15) is 47.9 Å². The van der Waals surface area contributed by atoms with Gasteiger partial charge in [0.1, 0.15) is 49.9 Å². The van der Waals surface area contributed by atoms with E-state index >= 15 is 0 Å². The summed E-state index contributed by atoms with van der Waals surface area (Å²) in [4.78, 5) is 127. The van der Waals surface area contributed by atoms with E-state index in [0.29, 0.717) is 5.69 Å². The van der Waals surface area contributed by atoms with Gasteiger partial charge in [-0.25, -0.2) is 0 Å². The molecule has 2 aromatic rings. The van der Waals surface area contributed by atoms with Gasteiger partial charge in [0.05, 0.1) is 11.9 Å². The number of benzene rings is 1. The summed E-state index contributed by atoms with van der Waals surface area (Å²) in [7, 11) is 0. The van der Waals surface area contributed by atoms with Crippen molar-refractivity contribution in [3.05, 3.63) is 42.2 Å². The third-order valence-corrected chi connectivity index (χ3v) is 9.69. The molecule has 0 spiro atoms. The maximum Gasteiger partial charge on any atom is 0.303 e. The summed E-state index contributed by atoms with van der Waals surface area (Å²) in [6.45, 7) is 7.75. The Morgan fingerprint density at radius 3 is 1.46 bits per heavy atom. The molecule has 2 fully saturated rings. The molecule has 27 heteroatoms. The predicted molar refractivity (Wildman–Crippen MR) is 226 cm³/mol. The monoisotopic (exact) mass is 1010 g/mol. The Labute approximate surface area is 405 Å². The summed E-state index contributed by atoms with van der Waals surface area (Å²) in [6.07, 6.45) is -22.6. The van der Waals surface area contributed by atoms with Crippen molar-refractivity contribution in [1.82, 2.24) is 15.0 Å². The van der Waals surface area contributed by atoms with Gasteiger partial charge in [-0.1, -0.05) is 18.2 Å². The molecule has 4 rings (SSSR count). The van der Waals surface area contributed by atoms with Crippen molar-refractivity contribution >= 4 is 59.7 Å². The van der Waals surface area contributed by atoms with Gasteiger partial charge in [0.15, 0.2) is 55.3 Å². The number of nitrogens with zero attached hydrogens (tertiary/aromatic N) is 3. The topological polar surface area (TPSA) is 331 Å². The number of carbonyl (C=O) groups excluding carboxylic acids is 10. The molecule has 27 nitrogen and oxygen atoms in total. The molecule has 3 heterocycles. The lowest BCUT2D eigenvalue weighted by Gasteiger charge is -2.49. The Kier molecular flexibility index (Phi) is 20.8. The van der Waals surface area contributed by atoms with Crippen LogP contribution < -0.4 is 0 Å². The zero-order valence-electron chi connectivity index (χ0n) is 40.2. The molecular formula is C44H55N3O24. The number of hydrogen-bond acceptors (Lipinski definition) is 26. The van der Waals surface area contributed by atoms with Crippen molar-refractivity contribution < 1.29 is 114 Å². The average molecular weight is 1010 g/mol. The zero-order valence-corrected chi connectivity index (χ0v) is 40.2. The fourth-order valence-electron chi connectivity index (χ4n) is 7.26. The van der Waals surface area contributed by atoms with Gasteiger partial charge in [0.2, 0.25) is 0 Å². The normalized spacial score (nSPS) is 25.0. The Morgan fingerprint density at radius 2 is 0.972 bits per heavy atom. The highest BCUT2D eigenvalue weighted by atomic mass is 16.8. The highest BCUT2D eigenvalue weighted by molar-refractivity contribution is 5.70. The summed E-state index contributed by atoms with van der Waals surface area (Å²) in [5, 5.41) is 8.73. The number of para-hydroxylation sites is 1. The summed E-state index contributed by atoms with van der Waals surface area (Å²) >= 11 is 0. The van der Waals surface area contributed by atoms with Gasteiger partial charge in [-0.3, -0.25) is 47.9 Å². The minimum absolute atomic E-state index is 0.147. The van der Waals surface area contributed by atoms with E-state index in [0.717, 1.165) is 74.0 Å². The lowest BCUT2D eigenvalue weighted by Crippen LogP contribution is -2.67. The average Bonchev–Trinajstić information content (AvgIpc) is 3.75. The number of ether oxygens (including phenoxy) is 14. The number of hydrogen-bond donors (Lipinski definition) is 0. The molecule has 71 heavy (non-hydrogen) atoms. The van der Waals surface area contributed by atoms with Crippen LogP contribution in [-0.4, -0.2) is 168 Å². The lowest BCUT2D eigenvalue weighted by molar-refractivity contribution is -0.368. The molecular weight excluding hydrogens is 954 g/mol. The number of carbonyl (C=O) groups is 10. The second kappa shape index (κ2) is 26.2. The van der Waals surface area contributed by atoms with Crippen LogP contribution in [0.5, 0.6) is 0 Å². The molecule has 390 valence electrons. The number of aromatic nitrogens is 3. The SMILES string of the molecule is CC(=O)OCC(OC(C)=O)C(OC1OC(COC(C)=O)C(OC2OC(COC(C)=O)C(OC(C)=O)C(OC(C)=O)C2OC(C)=O)C(OC(C)=O)C1OC(C)=O)C(OC(C)=O)c1cnn(-c2ccccc2)n1. The van der Waals surface area contributed by atoms with Crippen molar-refractivity contribution in [3.63, 3.8) is 0 Å². The maximum absolute atomic E-state index is 13.1. The first-order chi connectivity index (χ1) is 33.4. The van der Waals surface area contributed by atoms with Gasteiger partial charge in [-0.2, -0.15) is 9.90 Å². The highest BCUT2D eigenvalue weighted by Gasteiger charge is 2.58. The summed E-state index contributed by atoms with van der Waals surface area (Å²) in [5.74, 6) is -9.55. The molecule has 2 aliphatic rings. The Hall–Kier alpha value is -7.10. The zero-order chi connectivity index (χ0) is 52.7. The molecule has 0 aliphatic carbocycles. The predicted octanol–water partition coefficient (Wildman–Crippen LogP) is 0.371. The third kappa shape index (κ3) is 17.1. The van der Waals surface area contributed by atoms with Gasteiger partial charge in [-0.15, -0.1) is 5.10 Å². The molecule has 0 saturated carbocycles. The fourth-order valence-corrected chi connectivity index (χ4v) is 7.26. The van der Waals surface area contributed by atoms with Crippen LogP contribution in [0, 0.1) is 0 Å². The van der Waals surface area contributed by atoms with Gasteiger partial charge < -0.3 is 66.3 Å². The lowest BCUT2D eigenvalue weighted by atomic mass is 9.95. The second-order valence-corrected chi connectivity index (χ2v) is 15.6. The quantitative estimate of drug-likeness (QED) is 0.120. The minimum atomic E-state index is -2.07. The second-order valence-electron chi connectivity index (χ2n) is 15.6. The van der Waals surface area contributed by atoms with Crippen molar-refractivity contribution in [2.45, 2.75) is 149 Å². The first-order valence-electron chi connectivity index (χ1n) is 21.6. The van der Waals surface area contributed by atoms with Crippen LogP contribution in [0.2, 0.25) is 0 Å². The highest BCUT2D eigenvalue weighted by Crippen LogP contribution is 2.38.